The quantitative estimate of drug-likeness (QED) is 0.332. The number of fused-ring (bicyclic) bond motifs is 1. The number of hydrogen-bond acceptors (Lipinski definition) is 6. The van der Waals surface area contributed by atoms with Gasteiger partial charge in [-0.3, -0.25) is 9.59 Å². The van der Waals surface area contributed by atoms with Crippen molar-refractivity contribution in [1.29, 1.82) is 0 Å². The summed E-state index contributed by atoms with van der Waals surface area (Å²) >= 11 is 0. The van der Waals surface area contributed by atoms with Gasteiger partial charge in [-0.15, -0.1) is 0 Å². The molecule has 2 N–H and O–H groups in total. The van der Waals surface area contributed by atoms with Crippen molar-refractivity contribution < 1.29 is 14.3 Å². The number of carbonyl (C=O) groups excluding carboxylic acids is 2. The normalized spacial score (nSPS) is 11.7. The Labute approximate surface area is 212 Å². The number of aryl methyl sites for hydroxylation is 1. The van der Waals surface area contributed by atoms with Gasteiger partial charge in [-0.25, -0.2) is 14.6 Å². The molecule has 0 saturated carbocycles. The highest BCUT2D eigenvalue weighted by molar-refractivity contribution is 6.06. The van der Waals surface area contributed by atoms with Crippen LogP contribution in [-0.2, 0) is 11.4 Å². The lowest BCUT2D eigenvalue weighted by molar-refractivity contribution is -0.119. The molecule has 0 bridgehead atoms. The molecular formula is C27H25N7O3. The molecule has 10 heteroatoms. The van der Waals surface area contributed by atoms with Crippen molar-refractivity contribution in [3.63, 3.8) is 0 Å². The van der Waals surface area contributed by atoms with Crippen molar-refractivity contribution >= 4 is 28.8 Å². The molecule has 5 aromatic rings. The van der Waals surface area contributed by atoms with Crippen LogP contribution < -0.4 is 15.4 Å². The van der Waals surface area contributed by atoms with Gasteiger partial charge in [-0.1, -0.05) is 18.2 Å². The van der Waals surface area contributed by atoms with Gasteiger partial charge in [0.2, 0.25) is 5.91 Å². The van der Waals surface area contributed by atoms with Crippen molar-refractivity contribution in [3.05, 3.63) is 103 Å². The number of carbonyl (C=O) groups is 2. The van der Waals surface area contributed by atoms with E-state index in [9.17, 15) is 9.59 Å². The molecule has 0 aliphatic carbocycles. The second kappa shape index (κ2) is 10.3. The van der Waals surface area contributed by atoms with E-state index in [1.54, 1.807) is 49.4 Å². The number of rotatable bonds is 8. The number of nitrogens with one attached hydrogen (secondary N) is 2. The highest BCUT2D eigenvalue weighted by Crippen LogP contribution is 2.22. The van der Waals surface area contributed by atoms with Gasteiger partial charge < -0.3 is 19.8 Å². The first-order valence-corrected chi connectivity index (χ1v) is 11.7. The van der Waals surface area contributed by atoms with Gasteiger partial charge in [0.25, 0.3) is 5.91 Å². The van der Waals surface area contributed by atoms with E-state index < -0.39 is 6.04 Å². The average molecular weight is 496 g/mol. The van der Waals surface area contributed by atoms with Gasteiger partial charge in [-0.2, -0.15) is 5.10 Å². The Bertz CT molecular complexity index is 1540. The molecule has 0 unspecified atom stereocenters. The van der Waals surface area contributed by atoms with Crippen molar-refractivity contribution in [2.75, 3.05) is 10.6 Å². The van der Waals surface area contributed by atoms with Crippen molar-refractivity contribution in [1.82, 2.24) is 24.1 Å². The molecule has 0 aliphatic heterocycles. The van der Waals surface area contributed by atoms with Crippen LogP contribution >= 0.6 is 0 Å². The third-order valence-electron chi connectivity index (χ3n) is 5.78. The predicted molar refractivity (Wildman–Crippen MR) is 138 cm³/mol. The number of anilines is 2. The lowest BCUT2D eigenvalue weighted by Crippen LogP contribution is -2.24. The molecule has 1 atom stereocenters. The molecule has 37 heavy (non-hydrogen) atoms. The first kappa shape index (κ1) is 23.7. The minimum atomic E-state index is -0.511. The summed E-state index contributed by atoms with van der Waals surface area (Å²) in [6.45, 7) is 3.98. The first-order chi connectivity index (χ1) is 18.0. The molecule has 5 rings (SSSR count). The standard InChI is InChI=1S/C27H25N7O3/c1-18-7-12-25-30-22(14-33(25)13-18)15-37-24-6-4-3-5-23(24)27(36)32-21-10-8-20(9-11-21)31-26(35)19(2)34-17-28-16-29-34/h3-14,16-17,19H,15H2,1-2H3,(H,31,35)(H,32,36)/t19-/m1/s1. The van der Waals surface area contributed by atoms with Crippen LogP contribution in [-0.4, -0.2) is 36.0 Å². The summed E-state index contributed by atoms with van der Waals surface area (Å²) in [5, 5.41) is 9.69. The topological polar surface area (TPSA) is 115 Å². The molecule has 10 nitrogen and oxygen atoms in total. The molecule has 0 radical (unpaired) electrons. The van der Waals surface area contributed by atoms with E-state index in [1.807, 2.05) is 41.9 Å². The Morgan fingerprint density at radius 3 is 2.49 bits per heavy atom. The number of hydrogen-bond donors (Lipinski definition) is 2. The number of para-hydroxylation sites is 1. The Kier molecular flexibility index (Phi) is 6.62. The number of benzene rings is 2. The second-order valence-corrected chi connectivity index (χ2v) is 8.56. The number of nitrogens with zero attached hydrogens (tertiary/aromatic N) is 5. The fraction of sp³-hybridized carbons (Fsp3) is 0.148. The first-order valence-electron chi connectivity index (χ1n) is 11.7. The van der Waals surface area contributed by atoms with E-state index in [2.05, 4.69) is 25.7 Å². The molecule has 0 spiro atoms. The highest BCUT2D eigenvalue weighted by Gasteiger charge is 2.16. The minimum absolute atomic E-state index is 0.228. The van der Waals surface area contributed by atoms with Gasteiger partial charge in [0, 0.05) is 23.8 Å². The summed E-state index contributed by atoms with van der Waals surface area (Å²) in [7, 11) is 0. The molecular weight excluding hydrogens is 470 g/mol. The average Bonchev–Trinajstić information content (AvgIpc) is 3.58. The zero-order valence-electron chi connectivity index (χ0n) is 20.3. The van der Waals surface area contributed by atoms with Crippen LogP contribution in [0, 0.1) is 6.92 Å². The fourth-order valence-corrected chi connectivity index (χ4v) is 3.78. The molecule has 0 aliphatic rings. The summed E-state index contributed by atoms with van der Waals surface area (Å²) in [6, 6.07) is 17.4. The fourth-order valence-electron chi connectivity index (χ4n) is 3.78. The third-order valence-corrected chi connectivity index (χ3v) is 5.78. The molecule has 0 fully saturated rings. The lowest BCUT2D eigenvalue weighted by Gasteiger charge is -2.13. The Morgan fingerprint density at radius 2 is 1.73 bits per heavy atom. The van der Waals surface area contributed by atoms with E-state index in [1.165, 1.54) is 17.3 Å². The molecule has 0 saturated heterocycles. The van der Waals surface area contributed by atoms with Crippen molar-refractivity contribution in [2.24, 2.45) is 0 Å². The van der Waals surface area contributed by atoms with Crippen LogP contribution in [0.5, 0.6) is 5.75 Å². The summed E-state index contributed by atoms with van der Waals surface area (Å²) in [4.78, 5) is 33.9. The zero-order valence-corrected chi connectivity index (χ0v) is 20.3. The van der Waals surface area contributed by atoms with E-state index in [0.717, 1.165) is 16.9 Å². The molecule has 3 aromatic heterocycles. The molecule has 186 valence electrons. The zero-order chi connectivity index (χ0) is 25.8. The summed E-state index contributed by atoms with van der Waals surface area (Å²) in [5.74, 6) is -0.0776. The van der Waals surface area contributed by atoms with Crippen molar-refractivity contribution in [3.8, 4) is 5.75 Å². The number of amides is 2. The maximum atomic E-state index is 13.0. The Hall–Kier alpha value is -4.99. The van der Waals surface area contributed by atoms with Crippen LogP contribution in [0.4, 0.5) is 11.4 Å². The summed E-state index contributed by atoms with van der Waals surface area (Å²) < 4.78 is 9.39. The largest absolute Gasteiger partial charge is 0.486 e. The highest BCUT2D eigenvalue weighted by atomic mass is 16.5. The van der Waals surface area contributed by atoms with Gasteiger partial charge in [0.05, 0.1) is 11.3 Å². The van der Waals surface area contributed by atoms with E-state index in [0.29, 0.717) is 22.7 Å². The maximum absolute atomic E-state index is 13.0. The van der Waals surface area contributed by atoms with Crippen LogP contribution in [0.2, 0.25) is 0 Å². The van der Waals surface area contributed by atoms with Gasteiger partial charge in [0.1, 0.15) is 36.7 Å². The van der Waals surface area contributed by atoms with Crippen LogP contribution in [0.3, 0.4) is 0 Å². The van der Waals surface area contributed by atoms with Gasteiger partial charge >= 0.3 is 0 Å². The molecule has 2 amide bonds. The van der Waals surface area contributed by atoms with Crippen LogP contribution in [0.25, 0.3) is 5.65 Å². The van der Waals surface area contributed by atoms with E-state index in [4.69, 9.17) is 4.74 Å². The molecule has 3 heterocycles. The van der Waals surface area contributed by atoms with Gasteiger partial charge in [-0.05, 0) is 61.9 Å². The Balaban J connectivity index is 1.21. The number of aromatic nitrogens is 5. The minimum Gasteiger partial charge on any atom is -0.486 e. The lowest BCUT2D eigenvalue weighted by atomic mass is 10.1. The monoisotopic (exact) mass is 495 g/mol. The SMILES string of the molecule is Cc1ccc2nc(COc3ccccc3C(=O)Nc3ccc(NC(=O)[C@@H](C)n4cncn4)cc3)cn2c1. The second-order valence-electron chi connectivity index (χ2n) is 8.56. The van der Waals surface area contributed by atoms with Crippen LogP contribution in [0.15, 0.2) is 85.7 Å². The Morgan fingerprint density at radius 1 is 0.973 bits per heavy atom. The summed E-state index contributed by atoms with van der Waals surface area (Å²) in [5.41, 5.74) is 4.32. The predicted octanol–water partition coefficient (Wildman–Crippen LogP) is 4.27. The number of pyridine rings is 1. The smallest absolute Gasteiger partial charge is 0.259 e. The number of ether oxygens (including phenoxy) is 1. The van der Waals surface area contributed by atoms with Crippen molar-refractivity contribution in [2.45, 2.75) is 26.5 Å². The van der Waals surface area contributed by atoms with Gasteiger partial charge in [0.15, 0.2) is 0 Å². The maximum Gasteiger partial charge on any atom is 0.259 e. The molecule has 2 aromatic carbocycles. The third kappa shape index (κ3) is 5.48. The van der Waals surface area contributed by atoms with E-state index >= 15 is 0 Å². The van der Waals surface area contributed by atoms with Crippen LogP contribution in [0.1, 0.15) is 34.6 Å². The number of imidazole rings is 1. The van der Waals surface area contributed by atoms with E-state index in [-0.39, 0.29) is 18.4 Å². The summed E-state index contributed by atoms with van der Waals surface area (Å²) in [6.07, 6.45) is 6.78.